The third kappa shape index (κ3) is 7.18. The fourth-order valence-electron chi connectivity index (χ4n) is 2.08. The Morgan fingerprint density at radius 3 is 2.27 bits per heavy atom. The van der Waals surface area contributed by atoms with E-state index in [0.29, 0.717) is 0 Å². The van der Waals surface area contributed by atoms with Gasteiger partial charge in [-0.25, -0.2) is 5.48 Å². The third-order valence-electron chi connectivity index (χ3n) is 3.25. The molecule has 0 heterocycles. The van der Waals surface area contributed by atoms with E-state index in [2.05, 4.69) is 18.1 Å². The molecule has 0 radical (unpaired) electrons. The summed E-state index contributed by atoms with van der Waals surface area (Å²) >= 11 is 4.38. The van der Waals surface area contributed by atoms with E-state index in [1.54, 1.807) is 7.11 Å². The van der Waals surface area contributed by atoms with Crippen molar-refractivity contribution in [3.63, 3.8) is 0 Å². The number of carbonyl (C=O) groups is 1. The molecule has 0 saturated heterocycles. The van der Waals surface area contributed by atoms with Gasteiger partial charge in [-0.05, 0) is 45.7 Å². The number of carbonyl (C=O) groups excluding carboxylic acids is 1. The van der Waals surface area contributed by atoms with Crippen LogP contribution in [0.4, 0.5) is 0 Å². The minimum atomic E-state index is -0.333. The van der Waals surface area contributed by atoms with Crippen molar-refractivity contribution in [2.45, 2.75) is 50.9 Å². The first kappa shape index (κ1) is 18.8. The van der Waals surface area contributed by atoms with Crippen molar-refractivity contribution >= 4 is 18.5 Å². The number of benzene rings is 1. The molecule has 1 aliphatic rings. The number of para-hydroxylation sites is 1. The number of hydrogen-bond donors (Lipinski definition) is 2. The molecule has 124 valence electrons. The molecule has 2 atom stereocenters. The predicted octanol–water partition coefficient (Wildman–Crippen LogP) is 3.63. The normalized spacial score (nSPS) is 20.8. The molecule has 1 aliphatic carbocycles. The second kappa shape index (κ2) is 9.06. The topological polar surface area (TPSA) is 47.6 Å². The molecule has 0 bridgehead atoms. The van der Waals surface area contributed by atoms with E-state index in [4.69, 9.17) is 9.57 Å². The minimum absolute atomic E-state index is 0.0145. The van der Waals surface area contributed by atoms with Gasteiger partial charge in [0, 0.05) is 5.25 Å². The minimum Gasteiger partial charge on any atom is -0.497 e. The van der Waals surface area contributed by atoms with Gasteiger partial charge in [0.2, 0.25) is 5.91 Å². The number of thiol groups is 1. The maximum absolute atomic E-state index is 11.6. The van der Waals surface area contributed by atoms with Gasteiger partial charge < -0.3 is 4.74 Å². The molecule has 1 N–H and O–H groups in total. The van der Waals surface area contributed by atoms with Crippen LogP contribution in [0.5, 0.6) is 5.75 Å². The summed E-state index contributed by atoms with van der Waals surface area (Å²) in [5.41, 5.74) is 2.17. The van der Waals surface area contributed by atoms with Gasteiger partial charge in [0.1, 0.15) is 5.75 Å². The maximum atomic E-state index is 11.6. The SMILES string of the molecule is CC(C)(C)ONC(=O)C1CCCC1S.COc1ccccc1. The molecule has 1 amide bonds. The Kier molecular flexibility index (Phi) is 7.76. The average molecular weight is 325 g/mol. The highest BCUT2D eigenvalue weighted by molar-refractivity contribution is 7.81. The zero-order valence-corrected chi connectivity index (χ0v) is 14.7. The van der Waals surface area contributed by atoms with Crippen molar-refractivity contribution < 1.29 is 14.4 Å². The Morgan fingerprint density at radius 1 is 1.23 bits per heavy atom. The fraction of sp³-hybridized carbons (Fsp3) is 0.588. The fourth-order valence-corrected chi connectivity index (χ4v) is 2.55. The van der Waals surface area contributed by atoms with Crippen LogP contribution in [0.25, 0.3) is 0 Å². The van der Waals surface area contributed by atoms with Crippen LogP contribution in [0.1, 0.15) is 40.0 Å². The van der Waals surface area contributed by atoms with E-state index < -0.39 is 0 Å². The van der Waals surface area contributed by atoms with Crippen LogP contribution in [0.2, 0.25) is 0 Å². The number of hydroxylamine groups is 1. The van der Waals surface area contributed by atoms with Crippen LogP contribution in [0.3, 0.4) is 0 Å². The molecular formula is C17H27NO3S. The molecule has 0 aliphatic heterocycles. The van der Waals surface area contributed by atoms with E-state index in [-0.39, 0.29) is 22.7 Å². The number of hydrogen-bond acceptors (Lipinski definition) is 4. The number of nitrogens with one attached hydrogen (secondary N) is 1. The first-order valence-electron chi connectivity index (χ1n) is 7.58. The first-order valence-corrected chi connectivity index (χ1v) is 8.10. The summed E-state index contributed by atoms with van der Waals surface area (Å²) < 4.78 is 4.91. The molecule has 1 aromatic rings. The largest absolute Gasteiger partial charge is 0.497 e. The van der Waals surface area contributed by atoms with Crippen molar-refractivity contribution in [3.8, 4) is 5.75 Å². The molecule has 2 rings (SSSR count). The number of methoxy groups -OCH3 is 1. The van der Waals surface area contributed by atoms with Crippen LogP contribution in [0, 0.1) is 5.92 Å². The zero-order chi connectivity index (χ0) is 16.6. The van der Waals surface area contributed by atoms with E-state index in [9.17, 15) is 4.79 Å². The summed E-state index contributed by atoms with van der Waals surface area (Å²) in [6, 6.07) is 9.68. The van der Waals surface area contributed by atoms with Gasteiger partial charge >= 0.3 is 0 Å². The Bertz CT molecular complexity index is 445. The number of amides is 1. The van der Waals surface area contributed by atoms with Crippen molar-refractivity contribution in [1.29, 1.82) is 0 Å². The second-order valence-electron chi connectivity index (χ2n) is 6.30. The lowest BCUT2D eigenvalue weighted by Crippen LogP contribution is -2.38. The Hall–Kier alpha value is -1.20. The molecule has 0 spiro atoms. The van der Waals surface area contributed by atoms with Crippen LogP contribution in [0.15, 0.2) is 30.3 Å². The van der Waals surface area contributed by atoms with Gasteiger partial charge in [-0.1, -0.05) is 24.6 Å². The molecule has 22 heavy (non-hydrogen) atoms. The van der Waals surface area contributed by atoms with Crippen molar-refractivity contribution in [2.24, 2.45) is 5.92 Å². The summed E-state index contributed by atoms with van der Waals surface area (Å²) in [5.74, 6) is 0.894. The van der Waals surface area contributed by atoms with Gasteiger partial charge in [0.15, 0.2) is 0 Å². The molecule has 2 unspecified atom stereocenters. The van der Waals surface area contributed by atoms with E-state index in [0.717, 1.165) is 25.0 Å². The quantitative estimate of drug-likeness (QED) is 0.659. The highest BCUT2D eigenvalue weighted by Gasteiger charge is 2.31. The maximum Gasteiger partial charge on any atom is 0.247 e. The van der Waals surface area contributed by atoms with E-state index in [1.165, 1.54) is 0 Å². The van der Waals surface area contributed by atoms with Crippen LogP contribution in [-0.2, 0) is 9.63 Å². The third-order valence-corrected chi connectivity index (χ3v) is 3.87. The Balaban J connectivity index is 0.000000255. The number of rotatable bonds is 3. The lowest BCUT2D eigenvalue weighted by atomic mass is 10.1. The average Bonchev–Trinajstić information content (AvgIpc) is 2.92. The van der Waals surface area contributed by atoms with Crippen molar-refractivity contribution in [1.82, 2.24) is 5.48 Å². The van der Waals surface area contributed by atoms with Crippen molar-refractivity contribution in [3.05, 3.63) is 30.3 Å². The molecule has 1 fully saturated rings. The monoisotopic (exact) mass is 325 g/mol. The molecule has 0 aromatic heterocycles. The van der Waals surface area contributed by atoms with Crippen LogP contribution in [-0.4, -0.2) is 23.9 Å². The summed E-state index contributed by atoms with van der Waals surface area (Å²) in [5, 5.41) is 0.193. The van der Waals surface area contributed by atoms with E-state index in [1.807, 2.05) is 51.1 Å². The summed E-state index contributed by atoms with van der Waals surface area (Å²) in [6.45, 7) is 5.71. The van der Waals surface area contributed by atoms with Crippen LogP contribution < -0.4 is 10.2 Å². The van der Waals surface area contributed by atoms with Gasteiger partial charge in [0.05, 0.1) is 18.6 Å². The zero-order valence-electron chi connectivity index (χ0n) is 13.8. The van der Waals surface area contributed by atoms with Gasteiger partial charge in [-0.2, -0.15) is 12.6 Å². The summed E-state index contributed by atoms with van der Waals surface area (Å²) in [7, 11) is 1.66. The van der Waals surface area contributed by atoms with Gasteiger partial charge in [-0.15, -0.1) is 0 Å². The summed E-state index contributed by atoms with van der Waals surface area (Å²) in [6.07, 6.45) is 3.03. The second-order valence-corrected chi connectivity index (χ2v) is 6.97. The smallest absolute Gasteiger partial charge is 0.247 e. The standard InChI is InChI=1S/C10H19NO2S.C7H8O/c1-10(2,3)13-11-9(12)7-5-4-6-8(7)14;1-8-7-5-3-2-4-6-7/h7-8,14H,4-6H2,1-3H3,(H,11,12);2-6H,1H3. The highest BCUT2D eigenvalue weighted by Crippen LogP contribution is 2.29. The Morgan fingerprint density at radius 2 is 1.86 bits per heavy atom. The first-order chi connectivity index (χ1) is 10.3. The Labute approximate surface area is 138 Å². The molecule has 1 aromatic carbocycles. The molecular weight excluding hydrogens is 298 g/mol. The molecule has 4 nitrogen and oxygen atoms in total. The number of ether oxygens (including phenoxy) is 1. The summed E-state index contributed by atoms with van der Waals surface area (Å²) in [4.78, 5) is 16.8. The van der Waals surface area contributed by atoms with Gasteiger partial charge in [0.25, 0.3) is 0 Å². The lowest BCUT2D eigenvalue weighted by molar-refractivity contribution is -0.149. The van der Waals surface area contributed by atoms with Crippen LogP contribution >= 0.6 is 12.6 Å². The van der Waals surface area contributed by atoms with Crippen molar-refractivity contribution in [2.75, 3.05) is 7.11 Å². The molecule has 5 heteroatoms. The van der Waals surface area contributed by atoms with Gasteiger partial charge in [-0.3, -0.25) is 9.63 Å². The highest BCUT2D eigenvalue weighted by atomic mass is 32.1. The lowest BCUT2D eigenvalue weighted by Gasteiger charge is -2.21. The van der Waals surface area contributed by atoms with E-state index >= 15 is 0 Å². The molecule has 1 saturated carbocycles. The predicted molar refractivity (Wildman–Crippen MR) is 92.1 cm³/mol.